The molecule has 164 valence electrons. The van der Waals surface area contributed by atoms with Crippen LogP contribution in [-0.2, 0) is 11.3 Å². The number of hydrogen-bond donors (Lipinski definition) is 2. The molecular formula is C25H22N6OS. The van der Waals surface area contributed by atoms with Gasteiger partial charge in [0.05, 0.1) is 23.9 Å². The molecule has 0 fully saturated rings. The summed E-state index contributed by atoms with van der Waals surface area (Å²) in [4.78, 5) is 12.5. The third kappa shape index (κ3) is 5.59. The number of nitrogens with one attached hydrogen (secondary N) is 2. The molecule has 0 saturated carbocycles. The molecule has 0 bridgehead atoms. The average Bonchev–Trinajstić information content (AvgIpc) is 3.25. The van der Waals surface area contributed by atoms with Crippen molar-refractivity contribution in [3.05, 3.63) is 95.8 Å². The summed E-state index contributed by atoms with van der Waals surface area (Å²) < 4.78 is 1.96. The molecule has 7 nitrogen and oxygen atoms in total. The molecule has 0 aliphatic carbocycles. The fourth-order valence-electron chi connectivity index (χ4n) is 3.28. The normalized spacial score (nSPS) is 10.4. The Labute approximate surface area is 196 Å². The Balaban J connectivity index is 1.50. The number of anilines is 2. The molecule has 0 spiro atoms. The number of nitrogens with zero attached hydrogens (tertiary/aromatic N) is 4. The van der Waals surface area contributed by atoms with Crippen LogP contribution in [0.25, 0.3) is 5.69 Å². The van der Waals surface area contributed by atoms with Gasteiger partial charge in [0.1, 0.15) is 0 Å². The number of rotatable bonds is 8. The monoisotopic (exact) mass is 454 g/mol. The molecule has 1 aromatic heterocycles. The average molecular weight is 455 g/mol. The molecule has 4 rings (SSSR count). The Kier molecular flexibility index (Phi) is 7.03. The van der Waals surface area contributed by atoms with Gasteiger partial charge < -0.3 is 10.6 Å². The highest BCUT2D eigenvalue weighted by Crippen LogP contribution is 2.23. The van der Waals surface area contributed by atoms with Crippen LogP contribution in [0.1, 0.15) is 17.0 Å². The number of aryl methyl sites for hydroxylation is 1. The van der Waals surface area contributed by atoms with Gasteiger partial charge in [-0.1, -0.05) is 54.2 Å². The van der Waals surface area contributed by atoms with Gasteiger partial charge in [0.25, 0.3) is 0 Å². The summed E-state index contributed by atoms with van der Waals surface area (Å²) in [7, 11) is 0. The van der Waals surface area contributed by atoms with Gasteiger partial charge in [-0.25, -0.2) is 0 Å². The summed E-state index contributed by atoms with van der Waals surface area (Å²) in [5.41, 5.74) is 4.19. The zero-order valence-electron chi connectivity index (χ0n) is 18.0. The fraction of sp³-hybridized carbons (Fsp3) is 0.120. The second kappa shape index (κ2) is 10.5. The number of nitriles is 1. The number of amides is 1. The van der Waals surface area contributed by atoms with Gasteiger partial charge in [-0.3, -0.25) is 9.36 Å². The van der Waals surface area contributed by atoms with Gasteiger partial charge in [-0.05, 0) is 48.9 Å². The Morgan fingerprint density at radius 3 is 2.61 bits per heavy atom. The number of thioether (sulfide) groups is 1. The van der Waals surface area contributed by atoms with E-state index in [1.165, 1.54) is 11.8 Å². The predicted molar refractivity (Wildman–Crippen MR) is 130 cm³/mol. The lowest BCUT2D eigenvalue weighted by Gasteiger charge is -2.12. The maximum absolute atomic E-state index is 12.5. The van der Waals surface area contributed by atoms with E-state index in [0.717, 1.165) is 22.8 Å². The molecule has 33 heavy (non-hydrogen) atoms. The van der Waals surface area contributed by atoms with Gasteiger partial charge in [0, 0.05) is 17.1 Å². The Hall–Kier alpha value is -4.09. The number of carbonyl (C=O) groups excluding carboxylic acids is 1. The molecule has 0 saturated heterocycles. The van der Waals surface area contributed by atoms with Crippen molar-refractivity contribution in [1.29, 1.82) is 5.26 Å². The summed E-state index contributed by atoms with van der Waals surface area (Å²) in [6.45, 7) is 2.54. The van der Waals surface area contributed by atoms with E-state index in [2.05, 4.69) is 39.9 Å². The summed E-state index contributed by atoms with van der Waals surface area (Å²) in [5.74, 6) is 0.721. The highest BCUT2D eigenvalue weighted by Gasteiger charge is 2.16. The minimum absolute atomic E-state index is 0.160. The van der Waals surface area contributed by atoms with E-state index >= 15 is 0 Å². The molecule has 8 heteroatoms. The van der Waals surface area contributed by atoms with Crippen molar-refractivity contribution >= 4 is 29.0 Å². The van der Waals surface area contributed by atoms with Crippen LogP contribution in [0.15, 0.2) is 84.0 Å². The standard InChI is InChI=1S/C25H22N6OS/c1-18-8-5-6-13-22(18)27-16-23-29-30-25(31(23)21-11-3-2-4-12-21)33-17-24(32)28-20-10-7-9-19(14-20)15-26/h2-14,27H,16-17H2,1H3,(H,28,32). The lowest BCUT2D eigenvalue weighted by atomic mass is 10.2. The number of benzene rings is 3. The molecule has 1 heterocycles. The van der Waals surface area contributed by atoms with Crippen molar-refractivity contribution in [3.8, 4) is 11.8 Å². The SMILES string of the molecule is Cc1ccccc1NCc1nnc(SCC(=O)Nc2cccc(C#N)c2)n1-c1ccccc1. The second-order valence-electron chi connectivity index (χ2n) is 7.27. The van der Waals surface area contributed by atoms with Crippen molar-refractivity contribution in [2.45, 2.75) is 18.6 Å². The highest BCUT2D eigenvalue weighted by atomic mass is 32.2. The largest absolute Gasteiger partial charge is 0.378 e. The van der Waals surface area contributed by atoms with Crippen LogP contribution in [-0.4, -0.2) is 26.4 Å². The van der Waals surface area contributed by atoms with Crippen molar-refractivity contribution in [1.82, 2.24) is 14.8 Å². The number of hydrogen-bond acceptors (Lipinski definition) is 6. The first-order chi connectivity index (χ1) is 16.1. The van der Waals surface area contributed by atoms with Crippen LogP contribution in [0, 0.1) is 18.3 Å². The predicted octanol–water partition coefficient (Wildman–Crippen LogP) is 4.79. The van der Waals surface area contributed by atoms with Gasteiger partial charge in [0.15, 0.2) is 11.0 Å². The van der Waals surface area contributed by atoms with E-state index in [-0.39, 0.29) is 11.7 Å². The van der Waals surface area contributed by atoms with Gasteiger partial charge >= 0.3 is 0 Å². The molecular weight excluding hydrogens is 432 g/mol. The molecule has 2 N–H and O–H groups in total. The van der Waals surface area contributed by atoms with E-state index in [9.17, 15) is 4.79 Å². The van der Waals surface area contributed by atoms with Crippen molar-refractivity contribution in [2.75, 3.05) is 16.4 Å². The molecule has 0 aliphatic heterocycles. The van der Waals surface area contributed by atoms with Crippen LogP contribution in [0.2, 0.25) is 0 Å². The zero-order valence-corrected chi connectivity index (χ0v) is 18.8. The minimum Gasteiger partial charge on any atom is -0.378 e. The Bertz CT molecular complexity index is 1300. The molecule has 1 amide bonds. The van der Waals surface area contributed by atoms with Crippen LogP contribution in [0.3, 0.4) is 0 Å². The van der Waals surface area contributed by atoms with Crippen molar-refractivity contribution < 1.29 is 4.79 Å². The fourth-order valence-corrected chi connectivity index (χ4v) is 4.05. The third-order valence-corrected chi connectivity index (χ3v) is 5.83. The molecule has 3 aromatic carbocycles. The second-order valence-corrected chi connectivity index (χ2v) is 8.21. The topological polar surface area (TPSA) is 95.6 Å². The quantitative estimate of drug-likeness (QED) is 0.372. The van der Waals surface area contributed by atoms with E-state index in [1.807, 2.05) is 53.1 Å². The Morgan fingerprint density at radius 1 is 1.03 bits per heavy atom. The minimum atomic E-state index is -0.183. The van der Waals surface area contributed by atoms with Crippen LogP contribution < -0.4 is 10.6 Å². The molecule has 0 unspecified atom stereocenters. The molecule has 0 atom stereocenters. The van der Waals surface area contributed by atoms with Crippen LogP contribution in [0.5, 0.6) is 0 Å². The van der Waals surface area contributed by atoms with Crippen molar-refractivity contribution in [3.63, 3.8) is 0 Å². The first-order valence-electron chi connectivity index (χ1n) is 10.4. The maximum Gasteiger partial charge on any atom is 0.234 e. The lowest BCUT2D eigenvalue weighted by molar-refractivity contribution is -0.113. The summed E-state index contributed by atoms with van der Waals surface area (Å²) in [6.07, 6.45) is 0. The maximum atomic E-state index is 12.5. The van der Waals surface area contributed by atoms with Crippen molar-refractivity contribution in [2.24, 2.45) is 0 Å². The number of para-hydroxylation sites is 2. The number of aromatic nitrogens is 3. The van der Waals surface area contributed by atoms with Crippen LogP contribution in [0.4, 0.5) is 11.4 Å². The van der Waals surface area contributed by atoms with E-state index in [0.29, 0.717) is 23.0 Å². The molecule has 0 aliphatic rings. The van der Waals surface area contributed by atoms with Gasteiger partial charge in [-0.15, -0.1) is 10.2 Å². The highest BCUT2D eigenvalue weighted by molar-refractivity contribution is 7.99. The smallest absolute Gasteiger partial charge is 0.234 e. The lowest BCUT2D eigenvalue weighted by Crippen LogP contribution is -2.15. The number of carbonyl (C=O) groups is 1. The summed E-state index contributed by atoms with van der Waals surface area (Å²) >= 11 is 1.31. The first kappa shape index (κ1) is 22.1. The van der Waals surface area contributed by atoms with Gasteiger partial charge in [-0.2, -0.15) is 5.26 Å². The van der Waals surface area contributed by atoms with Crippen LogP contribution >= 0.6 is 11.8 Å². The van der Waals surface area contributed by atoms with E-state index in [4.69, 9.17) is 5.26 Å². The summed E-state index contributed by atoms with van der Waals surface area (Å²) in [5, 5.41) is 24.6. The van der Waals surface area contributed by atoms with Gasteiger partial charge in [0.2, 0.25) is 5.91 Å². The molecule has 4 aromatic rings. The zero-order chi connectivity index (χ0) is 23.0. The Morgan fingerprint density at radius 2 is 1.82 bits per heavy atom. The first-order valence-corrected chi connectivity index (χ1v) is 11.3. The van der Waals surface area contributed by atoms with E-state index < -0.39 is 0 Å². The van der Waals surface area contributed by atoms with E-state index in [1.54, 1.807) is 24.3 Å². The summed E-state index contributed by atoms with van der Waals surface area (Å²) in [6, 6.07) is 26.8. The third-order valence-electron chi connectivity index (χ3n) is 4.90. The molecule has 0 radical (unpaired) electrons.